The van der Waals surface area contributed by atoms with E-state index in [9.17, 15) is 0 Å². The van der Waals surface area contributed by atoms with Crippen LogP contribution in [-0.2, 0) is 0 Å². The molecule has 4 nitrogen and oxygen atoms in total. The number of nitrogens with one attached hydrogen (secondary N) is 1. The van der Waals surface area contributed by atoms with Gasteiger partial charge in [-0.25, -0.2) is 9.97 Å². The Labute approximate surface area is 101 Å². The van der Waals surface area contributed by atoms with Crippen molar-refractivity contribution in [1.29, 1.82) is 0 Å². The van der Waals surface area contributed by atoms with Crippen LogP contribution in [0.4, 0.5) is 5.82 Å². The first-order chi connectivity index (χ1) is 7.49. The Balaban J connectivity index is 2.07. The Kier molecular flexibility index (Phi) is 2.80. The van der Waals surface area contributed by atoms with Crippen LogP contribution in [-0.4, -0.2) is 20.5 Å². The van der Waals surface area contributed by atoms with Gasteiger partial charge in [-0.2, -0.15) is 0 Å². The number of nitrogens with two attached hydrogens (primary N) is 1. The second-order valence-electron chi connectivity index (χ2n) is 4.77. The zero-order valence-electron chi connectivity index (χ0n) is 9.53. The van der Waals surface area contributed by atoms with Crippen LogP contribution in [0.25, 0.3) is 0 Å². The van der Waals surface area contributed by atoms with Crippen LogP contribution < -0.4 is 11.1 Å². The highest BCUT2D eigenvalue weighted by Gasteiger charge is 2.37. The minimum absolute atomic E-state index is 0.0828. The van der Waals surface area contributed by atoms with Gasteiger partial charge in [0.2, 0.25) is 0 Å². The fourth-order valence-corrected chi connectivity index (χ4v) is 1.86. The molecule has 1 fully saturated rings. The molecule has 0 aromatic carbocycles. The van der Waals surface area contributed by atoms with Crippen molar-refractivity contribution in [2.24, 2.45) is 11.7 Å². The molecule has 0 atom stereocenters. The Bertz CT molecular complexity index is 395. The lowest BCUT2D eigenvalue weighted by molar-refractivity contribution is 0.492. The van der Waals surface area contributed by atoms with Crippen molar-refractivity contribution in [2.45, 2.75) is 32.2 Å². The van der Waals surface area contributed by atoms with Crippen LogP contribution in [0.5, 0.6) is 0 Å². The molecule has 0 bridgehead atoms. The monoisotopic (exact) mass is 236 g/mol. The van der Waals surface area contributed by atoms with Gasteiger partial charge in [0.25, 0.3) is 0 Å². The van der Waals surface area contributed by atoms with Crippen molar-refractivity contribution in [1.82, 2.24) is 9.97 Å². The first-order valence-electron chi connectivity index (χ1n) is 5.39. The summed E-state index contributed by atoms with van der Waals surface area (Å²) in [5.41, 5.74) is 6.10. The molecule has 5 heteroatoms. The van der Waals surface area contributed by atoms with Gasteiger partial charge in [0, 0.05) is 5.54 Å². The first-order valence-corrected chi connectivity index (χ1v) is 5.80. The smallest absolute Gasteiger partial charge is 0.144 e. The number of rotatable bonds is 4. The highest BCUT2D eigenvalue weighted by Crippen LogP contribution is 2.40. The molecule has 0 amide bonds. The third-order valence-electron chi connectivity index (χ3n) is 2.95. The Morgan fingerprint density at radius 1 is 1.44 bits per heavy atom. The highest BCUT2D eigenvalue weighted by molar-refractivity contribution is 7.80. The predicted octanol–water partition coefficient (Wildman–Crippen LogP) is 1.71. The van der Waals surface area contributed by atoms with Crippen LogP contribution in [0.3, 0.4) is 0 Å². The van der Waals surface area contributed by atoms with E-state index < -0.39 is 0 Å². The van der Waals surface area contributed by atoms with Gasteiger partial charge in [-0.15, -0.1) is 0 Å². The molecule has 0 saturated heterocycles. The standard InChI is InChI=1S/C11H16N4S/c1-11(2,7-3-4-7)15-9-6-13-8(5-14-9)10(12)16/h5-7H,3-4H2,1-2H3,(H2,12,16)(H,14,15). The largest absolute Gasteiger partial charge is 0.388 e. The summed E-state index contributed by atoms with van der Waals surface area (Å²) in [4.78, 5) is 8.68. The summed E-state index contributed by atoms with van der Waals surface area (Å²) in [5.74, 6) is 1.52. The molecule has 2 rings (SSSR count). The van der Waals surface area contributed by atoms with Gasteiger partial charge in [-0.1, -0.05) is 12.2 Å². The SMILES string of the molecule is CC(C)(Nc1cnc(C(N)=S)cn1)C1CC1. The topological polar surface area (TPSA) is 63.8 Å². The van der Waals surface area contributed by atoms with E-state index in [1.807, 2.05) is 0 Å². The second-order valence-corrected chi connectivity index (χ2v) is 5.21. The molecule has 0 unspecified atom stereocenters. The van der Waals surface area contributed by atoms with Crippen molar-refractivity contribution in [3.05, 3.63) is 18.1 Å². The molecule has 16 heavy (non-hydrogen) atoms. The number of aromatic nitrogens is 2. The van der Waals surface area contributed by atoms with E-state index in [0.717, 1.165) is 11.7 Å². The average molecular weight is 236 g/mol. The third kappa shape index (κ3) is 2.47. The van der Waals surface area contributed by atoms with E-state index in [0.29, 0.717) is 5.69 Å². The lowest BCUT2D eigenvalue weighted by Crippen LogP contribution is -2.33. The average Bonchev–Trinajstić information content (AvgIpc) is 3.01. The maximum atomic E-state index is 5.46. The van der Waals surface area contributed by atoms with E-state index in [1.54, 1.807) is 12.4 Å². The van der Waals surface area contributed by atoms with Gasteiger partial charge in [0.1, 0.15) is 16.5 Å². The van der Waals surface area contributed by atoms with E-state index in [2.05, 4.69) is 29.1 Å². The molecule has 0 radical (unpaired) electrons. The van der Waals surface area contributed by atoms with Crippen molar-refractivity contribution < 1.29 is 0 Å². The lowest BCUT2D eigenvalue weighted by atomic mass is 9.99. The van der Waals surface area contributed by atoms with Gasteiger partial charge < -0.3 is 11.1 Å². The van der Waals surface area contributed by atoms with Crippen LogP contribution >= 0.6 is 12.2 Å². The van der Waals surface area contributed by atoms with Crippen LogP contribution in [0, 0.1) is 5.92 Å². The van der Waals surface area contributed by atoms with Gasteiger partial charge >= 0.3 is 0 Å². The second kappa shape index (κ2) is 3.97. The minimum Gasteiger partial charge on any atom is -0.388 e. The molecule has 1 aliphatic carbocycles. The van der Waals surface area contributed by atoms with Crippen LogP contribution in [0.15, 0.2) is 12.4 Å². The lowest BCUT2D eigenvalue weighted by Gasteiger charge is -2.26. The number of hydrogen-bond acceptors (Lipinski definition) is 4. The fourth-order valence-electron chi connectivity index (χ4n) is 1.76. The van der Waals surface area contributed by atoms with Crippen molar-refractivity contribution in [3.8, 4) is 0 Å². The van der Waals surface area contributed by atoms with Crippen LogP contribution in [0.2, 0.25) is 0 Å². The van der Waals surface area contributed by atoms with Crippen molar-refractivity contribution in [3.63, 3.8) is 0 Å². The van der Waals surface area contributed by atoms with E-state index >= 15 is 0 Å². The summed E-state index contributed by atoms with van der Waals surface area (Å²) >= 11 is 4.82. The van der Waals surface area contributed by atoms with Gasteiger partial charge in [-0.05, 0) is 32.6 Å². The molecule has 0 aliphatic heterocycles. The molecule has 0 spiro atoms. The zero-order chi connectivity index (χ0) is 11.8. The summed E-state index contributed by atoms with van der Waals surface area (Å²) in [6.07, 6.45) is 5.86. The Morgan fingerprint density at radius 3 is 2.56 bits per heavy atom. The Hall–Kier alpha value is -1.23. The maximum Gasteiger partial charge on any atom is 0.144 e. The molecule has 3 N–H and O–H groups in total. The summed E-state index contributed by atoms with van der Waals surface area (Å²) in [5, 5.41) is 3.39. The maximum absolute atomic E-state index is 5.46. The number of anilines is 1. The van der Waals surface area contributed by atoms with Crippen molar-refractivity contribution in [2.75, 3.05) is 5.32 Å². The summed E-state index contributed by atoms with van der Waals surface area (Å²) in [6, 6.07) is 0. The molecule has 1 heterocycles. The molecule has 86 valence electrons. The van der Waals surface area contributed by atoms with E-state index in [-0.39, 0.29) is 10.5 Å². The number of nitrogens with zero attached hydrogens (tertiary/aromatic N) is 2. The summed E-state index contributed by atoms with van der Waals surface area (Å²) < 4.78 is 0. The first kappa shape index (κ1) is 11.3. The molecule has 1 aromatic heterocycles. The zero-order valence-corrected chi connectivity index (χ0v) is 10.3. The predicted molar refractivity (Wildman–Crippen MR) is 68.3 cm³/mol. The quantitative estimate of drug-likeness (QED) is 0.779. The van der Waals surface area contributed by atoms with Crippen LogP contribution in [0.1, 0.15) is 32.4 Å². The molecular formula is C11H16N4S. The van der Waals surface area contributed by atoms with Gasteiger partial charge in [0.05, 0.1) is 12.4 Å². The molecule has 1 saturated carbocycles. The number of hydrogen-bond donors (Lipinski definition) is 2. The minimum atomic E-state index is 0.0828. The Morgan fingerprint density at radius 2 is 2.12 bits per heavy atom. The third-order valence-corrected chi connectivity index (χ3v) is 3.16. The molecule has 1 aromatic rings. The van der Waals surface area contributed by atoms with E-state index in [1.165, 1.54) is 12.8 Å². The molecule has 1 aliphatic rings. The molecular weight excluding hydrogens is 220 g/mol. The van der Waals surface area contributed by atoms with E-state index in [4.69, 9.17) is 18.0 Å². The van der Waals surface area contributed by atoms with Gasteiger partial charge in [-0.3, -0.25) is 0 Å². The highest BCUT2D eigenvalue weighted by atomic mass is 32.1. The van der Waals surface area contributed by atoms with Gasteiger partial charge in [0.15, 0.2) is 0 Å². The summed E-state index contributed by atoms with van der Waals surface area (Å²) in [7, 11) is 0. The number of thiocarbonyl (C=S) groups is 1. The summed E-state index contributed by atoms with van der Waals surface area (Å²) in [6.45, 7) is 4.38. The fraction of sp³-hybridized carbons (Fsp3) is 0.545. The van der Waals surface area contributed by atoms with Crippen molar-refractivity contribution >= 4 is 23.0 Å². The normalized spacial score (nSPS) is 15.9.